The minimum atomic E-state index is -3.87. The molecule has 6 nitrogen and oxygen atoms in total. The molecule has 0 saturated heterocycles. The Morgan fingerprint density at radius 2 is 1.82 bits per heavy atom. The fourth-order valence-electron chi connectivity index (χ4n) is 1.18. The van der Waals surface area contributed by atoms with Crippen molar-refractivity contribution < 1.29 is 17.9 Å². The largest absolute Gasteiger partial charge is 0.446 e. The number of carbonyl (C=O) groups excluding carboxylic acids is 1. The summed E-state index contributed by atoms with van der Waals surface area (Å²) in [5, 5.41) is 0. The average Bonchev–Trinajstić information content (AvgIpc) is 1.95. The van der Waals surface area contributed by atoms with Gasteiger partial charge < -0.3 is 4.74 Å². The first-order valence-electron chi connectivity index (χ1n) is 5.27. The minimum Gasteiger partial charge on any atom is -0.446 e. The highest BCUT2D eigenvalue weighted by Crippen LogP contribution is 2.07. The molecule has 8 heteroatoms. The molecule has 0 saturated carbocycles. The van der Waals surface area contributed by atoms with E-state index in [2.05, 4.69) is 25.4 Å². The van der Waals surface area contributed by atoms with E-state index in [4.69, 9.17) is 0 Å². The SMILES string of the molecule is CC(Br)CC(C)NS(=O)(=O)NC(=O)OC(C)C. The second kappa shape index (κ2) is 7.17. The average molecular weight is 331 g/mol. The van der Waals surface area contributed by atoms with Crippen LogP contribution in [0.25, 0.3) is 0 Å². The van der Waals surface area contributed by atoms with Gasteiger partial charge in [-0.1, -0.05) is 22.9 Å². The van der Waals surface area contributed by atoms with Crippen molar-refractivity contribution in [1.29, 1.82) is 0 Å². The summed E-state index contributed by atoms with van der Waals surface area (Å²) in [6, 6.07) is -0.284. The summed E-state index contributed by atoms with van der Waals surface area (Å²) in [6.07, 6.45) is -0.739. The highest BCUT2D eigenvalue weighted by atomic mass is 79.9. The summed E-state index contributed by atoms with van der Waals surface area (Å²) in [7, 11) is -3.87. The molecule has 0 aliphatic heterocycles. The lowest BCUT2D eigenvalue weighted by atomic mass is 10.2. The zero-order valence-corrected chi connectivity index (χ0v) is 12.8. The Bertz CT molecular complexity index is 343. The van der Waals surface area contributed by atoms with Crippen LogP contribution in [0.4, 0.5) is 4.79 Å². The normalized spacial score (nSPS) is 15.4. The zero-order chi connectivity index (χ0) is 13.6. The molecular formula is C9H19BrN2O4S. The lowest BCUT2D eigenvalue weighted by molar-refractivity contribution is 0.121. The van der Waals surface area contributed by atoms with Gasteiger partial charge in [0.15, 0.2) is 0 Å². The van der Waals surface area contributed by atoms with E-state index in [0.717, 1.165) is 0 Å². The molecule has 2 unspecified atom stereocenters. The number of carbonyl (C=O) groups is 1. The molecule has 2 N–H and O–H groups in total. The van der Waals surface area contributed by atoms with Crippen LogP contribution in [0.5, 0.6) is 0 Å². The van der Waals surface area contributed by atoms with E-state index in [1.807, 2.05) is 6.92 Å². The first-order valence-corrected chi connectivity index (χ1v) is 7.67. The van der Waals surface area contributed by atoms with Crippen LogP contribution in [-0.4, -0.2) is 31.5 Å². The van der Waals surface area contributed by atoms with E-state index in [1.165, 1.54) is 0 Å². The van der Waals surface area contributed by atoms with E-state index >= 15 is 0 Å². The van der Waals surface area contributed by atoms with E-state index in [0.29, 0.717) is 6.42 Å². The number of nitrogens with one attached hydrogen (secondary N) is 2. The molecule has 0 heterocycles. The van der Waals surface area contributed by atoms with Crippen LogP contribution in [-0.2, 0) is 14.9 Å². The van der Waals surface area contributed by atoms with Crippen LogP contribution >= 0.6 is 15.9 Å². The molecule has 0 aromatic rings. The first-order chi connectivity index (χ1) is 7.62. The van der Waals surface area contributed by atoms with Crippen LogP contribution in [0.1, 0.15) is 34.1 Å². The molecule has 0 fully saturated rings. The third-order valence-corrected chi connectivity index (χ3v) is 3.12. The topological polar surface area (TPSA) is 84.5 Å². The number of ether oxygens (including phenoxy) is 1. The van der Waals surface area contributed by atoms with Gasteiger partial charge in [0, 0.05) is 10.9 Å². The summed E-state index contributed by atoms with van der Waals surface area (Å²) >= 11 is 3.32. The predicted octanol–water partition coefficient (Wildman–Crippen LogP) is 1.52. The van der Waals surface area contributed by atoms with Gasteiger partial charge in [-0.15, -0.1) is 0 Å². The van der Waals surface area contributed by atoms with Crippen LogP contribution in [0, 0.1) is 0 Å². The van der Waals surface area contributed by atoms with E-state index < -0.39 is 16.3 Å². The van der Waals surface area contributed by atoms with Crippen molar-refractivity contribution in [2.45, 2.75) is 51.1 Å². The molecule has 102 valence electrons. The molecule has 0 aromatic heterocycles. The second-order valence-electron chi connectivity index (χ2n) is 4.09. The third kappa shape index (κ3) is 9.37. The summed E-state index contributed by atoms with van der Waals surface area (Å²) in [5.41, 5.74) is 0. The molecule has 1 amide bonds. The number of halogens is 1. The molecule has 0 bridgehead atoms. The highest BCUT2D eigenvalue weighted by Gasteiger charge is 2.19. The van der Waals surface area contributed by atoms with Gasteiger partial charge in [-0.25, -0.2) is 9.52 Å². The van der Waals surface area contributed by atoms with Crippen molar-refractivity contribution in [3.8, 4) is 0 Å². The Labute approximate surface area is 111 Å². The fourth-order valence-corrected chi connectivity index (χ4v) is 2.69. The number of rotatable bonds is 6. The summed E-state index contributed by atoms with van der Waals surface area (Å²) < 4.78 is 31.7. The van der Waals surface area contributed by atoms with Gasteiger partial charge in [0.2, 0.25) is 0 Å². The van der Waals surface area contributed by atoms with E-state index in [-0.39, 0.29) is 17.0 Å². The van der Waals surface area contributed by atoms with Crippen LogP contribution in [0.15, 0.2) is 0 Å². The Hall–Kier alpha value is -0.340. The van der Waals surface area contributed by atoms with Crippen molar-refractivity contribution >= 4 is 32.2 Å². The number of hydrogen-bond acceptors (Lipinski definition) is 4. The predicted molar refractivity (Wildman–Crippen MR) is 69.3 cm³/mol. The summed E-state index contributed by atoms with van der Waals surface area (Å²) in [6.45, 7) is 6.89. The molecule has 2 atom stereocenters. The van der Waals surface area contributed by atoms with Gasteiger partial charge in [-0.3, -0.25) is 0 Å². The fraction of sp³-hybridized carbons (Fsp3) is 0.889. The lowest BCUT2D eigenvalue weighted by Crippen LogP contribution is -2.45. The lowest BCUT2D eigenvalue weighted by Gasteiger charge is -2.16. The van der Waals surface area contributed by atoms with Gasteiger partial charge in [0.25, 0.3) is 0 Å². The maximum absolute atomic E-state index is 11.5. The molecule has 0 radical (unpaired) electrons. The van der Waals surface area contributed by atoms with Gasteiger partial charge >= 0.3 is 16.3 Å². The monoisotopic (exact) mass is 330 g/mol. The highest BCUT2D eigenvalue weighted by molar-refractivity contribution is 9.09. The Morgan fingerprint density at radius 1 is 1.29 bits per heavy atom. The quantitative estimate of drug-likeness (QED) is 0.723. The standard InChI is InChI=1S/C9H19BrN2O4S/c1-6(2)16-9(13)12-17(14,15)11-8(4)5-7(3)10/h6-8,11H,5H2,1-4H3,(H,12,13). The maximum atomic E-state index is 11.5. The Morgan fingerprint density at radius 3 is 2.24 bits per heavy atom. The van der Waals surface area contributed by atoms with Crippen LogP contribution in [0.3, 0.4) is 0 Å². The minimum absolute atomic E-state index is 0.183. The number of hydrogen-bond donors (Lipinski definition) is 2. The number of amides is 1. The second-order valence-corrected chi connectivity index (χ2v) is 7.10. The van der Waals surface area contributed by atoms with Gasteiger partial charge in [-0.05, 0) is 27.2 Å². The molecule has 0 aliphatic rings. The Kier molecular flexibility index (Phi) is 7.03. The third-order valence-electron chi connectivity index (χ3n) is 1.60. The van der Waals surface area contributed by atoms with Crippen molar-refractivity contribution in [2.24, 2.45) is 0 Å². The van der Waals surface area contributed by atoms with Gasteiger partial charge in [0.05, 0.1) is 6.10 Å². The van der Waals surface area contributed by atoms with Crippen LogP contribution < -0.4 is 9.44 Å². The van der Waals surface area contributed by atoms with E-state index in [9.17, 15) is 13.2 Å². The molecule has 0 aliphatic carbocycles. The van der Waals surface area contributed by atoms with Crippen molar-refractivity contribution in [2.75, 3.05) is 0 Å². The van der Waals surface area contributed by atoms with Gasteiger partial charge in [0.1, 0.15) is 0 Å². The molecule has 0 spiro atoms. The molecule has 17 heavy (non-hydrogen) atoms. The van der Waals surface area contributed by atoms with Crippen molar-refractivity contribution in [3.63, 3.8) is 0 Å². The van der Waals surface area contributed by atoms with Gasteiger partial charge in [-0.2, -0.15) is 13.1 Å². The Balaban J connectivity index is 4.25. The van der Waals surface area contributed by atoms with E-state index in [1.54, 1.807) is 25.5 Å². The smallest absolute Gasteiger partial charge is 0.422 e. The molecular weight excluding hydrogens is 312 g/mol. The first kappa shape index (κ1) is 16.7. The van der Waals surface area contributed by atoms with Crippen molar-refractivity contribution in [1.82, 2.24) is 9.44 Å². The van der Waals surface area contributed by atoms with Crippen LogP contribution in [0.2, 0.25) is 0 Å². The molecule has 0 aromatic carbocycles. The zero-order valence-electron chi connectivity index (χ0n) is 10.4. The summed E-state index contributed by atoms with van der Waals surface area (Å²) in [4.78, 5) is 11.3. The maximum Gasteiger partial charge on any atom is 0.422 e. The summed E-state index contributed by atoms with van der Waals surface area (Å²) in [5.74, 6) is 0. The molecule has 0 rings (SSSR count). The number of alkyl halides is 1. The van der Waals surface area contributed by atoms with Crippen molar-refractivity contribution in [3.05, 3.63) is 0 Å².